The summed E-state index contributed by atoms with van der Waals surface area (Å²) < 4.78 is 10.3. The number of carbonyl (C=O) groups excluding carboxylic acids is 1. The van der Waals surface area contributed by atoms with Crippen LogP contribution in [-0.2, 0) is 11.3 Å². The van der Waals surface area contributed by atoms with E-state index < -0.39 is 5.97 Å². The average Bonchev–Trinajstić information content (AvgIpc) is 3.23. The summed E-state index contributed by atoms with van der Waals surface area (Å²) in [5, 5.41) is 3.27. The zero-order valence-electron chi connectivity index (χ0n) is 12.1. The molecule has 0 amide bonds. The molecule has 0 aliphatic heterocycles. The van der Waals surface area contributed by atoms with Gasteiger partial charge in [0.25, 0.3) is 0 Å². The van der Waals surface area contributed by atoms with Crippen LogP contribution < -0.4 is 5.32 Å². The van der Waals surface area contributed by atoms with Gasteiger partial charge < -0.3 is 14.5 Å². The number of nitrogens with zero attached hydrogens (tertiary/aromatic N) is 2. The number of ether oxygens (including phenoxy) is 1. The van der Waals surface area contributed by atoms with Crippen molar-refractivity contribution >= 4 is 23.4 Å². The molecule has 1 saturated carbocycles. The lowest BCUT2D eigenvalue weighted by atomic mass is 10.3. The first-order chi connectivity index (χ1) is 10.7. The molecule has 1 fully saturated rings. The number of furan rings is 1. The topological polar surface area (TPSA) is 77.2 Å². The molecule has 7 heteroatoms. The predicted molar refractivity (Wildman–Crippen MR) is 81.0 cm³/mol. The number of carbonyl (C=O) groups is 1. The zero-order chi connectivity index (χ0) is 15.5. The Labute approximate surface area is 132 Å². The van der Waals surface area contributed by atoms with Gasteiger partial charge in [0.15, 0.2) is 5.69 Å². The Hall–Kier alpha value is -2.08. The molecule has 3 rings (SSSR count). The van der Waals surface area contributed by atoms with Gasteiger partial charge in [-0.2, -0.15) is 0 Å². The number of anilines is 1. The highest BCUT2D eigenvalue weighted by Gasteiger charge is 2.30. The third kappa shape index (κ3) is 3.22. The van der Waals surface area contributed by atoms with Crippen molar-refractivity contribution < 1.29 is 13.9 Å². The van der Waals surface area contributed by atoms with Crippen molar-refractivity contribution in [3.05, 3.63) is 40.7 Å². The third-order valence-corrected chi connectivity index (χ3v) is 3.65. The van der Waals surface area contributed by atoms with E-state index in [0.717, 1.165) is 18.6 Å². The highest BCUT2D eigenvalue weighted by atomic mass is 35.5. The SMILES string of the molecule is CCOC(=O)c1nc(C2CC2)nc(NCc2ccco2)c1Cl. The zero-order valence-corrected chi connectivity index (χ0v) is 12.9. The fraction of sp³-hybridized carbons (Fsp3) is 0.400. The molecule has 116 valence electrons. The van der Waals surface area contributed by atoms with Crippen molar-refractivity contribution in [3.8, 4) is 0 Å². The molecule has 2 aromatic rings. The maximum absolute atomic E-state index is 12.0. The maximum atomic E-state index is 12.0. The van der Waals surface area contributed by atoms with Gasteiger partial charge in [-0.1, -0.05) is 11.6 Å². The molecule has 1 aliphatic carbocycles. The highest BCUT2D eigenvalue weighted by molar-refractivity contribution is 6.35. The number of esters is 1. The summed E-state index contributed by atoms with van der Waals surface area (Å²) >= 11 is 6.26. The van der Waals surface area contributed by atoms with E-state index >= 15 is 0 Å². The van der Waals surface area contributed by atoms with Crippen molar-refractivity contribution in [3.63, 3.8) is 0 Å². The van der Waals surface area contributed by atoms with E-state index in [1.54, 1.807) is 19.3 Å². The van der Waals surface area contributed by atoms with E-state index in [0.29, 0.717) is 24.1 Å². The van der Waals surface area contributed by atoms with Crippen LogP contribution in [0.2, 0.25) is 5.02 Å². The van der Waals surface area contributed by atoms with Crippen LogP contribution >= 0.6 is 11.6 Å². The Morgan fingerprint density at radius 1 is 1.50 bits per heavy atom. The predicted octanol–water partition coefficient (Wildman–Crippen LogP) is 3.39. The van der Waals surface area contributed by atoms with Crippen LogP contribution in [0.1, 0.15) is 47.8 Å². The first-order valence-corrected chi connectivity index (χ1v) is 7.57. The van der Waals surface area contributed by atoms with Crippen LogP contribution in [0.4, 0.5) is 5.82 Å². The normalized spacial score (nSPS) is 13.9. The van der Waals surface area contributed by atoms with E-state index in [2.05, 4.69) is 15.3 Å². The highest BCUT2D eigenvalue weighted by Crippen LogP contribution is 2.39. The van der Waals surface area contributed by atoms with Gasteiger partial charge in [-0.15, -0.1) is 0 Å². The minimum atomic E-state index is -0.530. The lowest BCUT2D eigenvalue weighted by Gasteiger charge is -2.11. The first kappa shape index (κ1) is 14.8. The van der Waals surface area contributed by atoms with Gasteiger partial charge in [0, 0.05) is 5.92 Å². The average molecular weight is 322 g/mol. The van der Waals surface area contributed by atoms with E-state index in [1.165, 1.54) is 0 Å². The molecule has 0 radical (unpaired) electrons. The summed E-state index contributed by atoms with van der Waals surface area (Å²) in [5.41, 5.74) is 0.113. The number of hydrogen-bond donors (Lipinski definition) is 1. The Morgan fingerprint density at radius 3 is 2.95 bits per heavy atom. The minimum absolute atomic E-state index is 0.113. The fourth-order valence-electron chi connectivity index (χ4n) is 2.02. The van der Waals surface area contributed by atoms with Gasteiger partial charge in [0.2, 0.25) is 0 Å². The summed E-state index contributed by atoms with van der Waals surface area (Å²) in [4.78, 5) is 20.7. The summed E-state index contributed by atoms with van der Waals surface area (Å²) in [6.45, 7) is 2.44. The molecule has 22 heavy (non-hydrogen) atoms. The summed E-state index contributed by atoms with van der Waals surface area (Å²) in [7, 11) is 0. The lowest BCUT2D eigenvalue weighted by molar-refractivity contribution is 0.0519. The second kappa shape index (κ2) is 6.36. The van der Waals surface area contributed by atoms with Gasteiger partial charge in [0.1, 0.15) is 22.4 Å². The largest absolute Gasteiger partial charge is 0.467 e. The molecule has 0 bridgehead atoms. The Morgan fingerprint density at radius 2 is 2.32 bits per heavy atom. The van der Waals surface area contributed by atoms with Crippen LogP contribution in [0, 0.1) is 0 Å². The number of hydrogen-bond acceptors (Lipinski definition) is 6. The van der Waals surface area contributed by atoms with Gasteiger partial charge in [0.05, 0.1) is 19.4 Å². The van der Waals surface area contributed by atoms with Crippen LogP contribution in [0.3, 0.4) is 0 Å². The van der Waals surface area contributed by atoms with E-state index in [4.69, 9.17) is 20.8 Å². The van der Waals surface area contributed by atoms with Crippen molar-refractivity contribution in [2.45, 2.75) is 32.2 Å². The number of aromatic nitrogens is 2. The summed E-state index contributed by atoms with van der Waals surface area (Å²) in [6.07, 6.45) is 3.65. The molecular formula is C15H16ClN3O3. The standard InChI is InChI=1S/C15H16ClN3O3/c1-2-21-15(20)12-11(16)14(17-8-10-4-3-7-22-10)19-13(18-12)9-5-6-9/h3-4,7,9H,2,5-6,8H2,1H3,(H,17,18,19). The summed E-state index contributed by atoms with van der Waals surface area (Å²) in [5.74, 6) is 1.58. The minimum Gasteiger partial charge on any atom is -0.467 e. The Balaban J connectivity index is 1.88. The molecule has 0 atom stereocenters. The number of rotatable bonds is 6. The maximum Gasteiger partial charge on any atom is 0.358 e. The Kier molecular flexibility index (Phi) is 4.29. The van der Waals surface area contributed by atoms with Crippen LogP contribution in [0.15, 0.2) is 22.8 Å². The quantitative estimate of drug-likeness (QED) is 0.822. The molecule has 6 nitrogen and oxygen atoms in total. The monoisotopic (exact) mass is 321 g/mol. The van der Waals surface area contributed by atoms with Gasteiger partial charge >= 0.3 is 5.97 Å². The molecule has 1 aliphatic rings. The van der Waals surface area contributed by atoms with Crippen molar-refractivity contribution in [1.29, 1.82) is 0 Å². The van der Waals surface area contributed by atoms with Crippen LogP contribution in [0.5, 0.6) is 0 Å². The second-order valence-corrected chi connectivity index (χ2v) is 5.40. The third-order valence-electron chi connectivity index (χ3n) is 3.29. The smallest absolute Gasteiger partial charge is 0.358 e. The number of halogens is 1. The van der Waals surface area contributed by atoms with Gasteiger partial charge in [-0.25, -0.2) is 14.8 Å². The molecule has 1 N–H and O–H groups in total. The van der Waals surface area contributed by atoms with Crippen molar-refractivity contribution in [1.82, 2.24) is 9.97 Å². The number of nitrogens with one attached hydrogen (secondary N) is 1. The molecular weight excluding hydrogens is 306 g/mol. The van der Waals surface area contributed by atoms with Gasteiger partial charge in [-0.3, -0.25) is 0 Å². The van der Waals surface area contributed by atoms with Crippen molar-refractivity contribution in [2.75, 3.05) is 11.9 Å². The van der Waals surface area contributed by atoms with Crippen LogP contribution in [-0.4, -0.2) is 22.5 Å². The van der Waals surface area contributed by atoms with Gasteiger partial charge in [-0.05, 0) is 31.9 Å². The molecule has 2 heterocycles. The molecule has 0 spiro atoms. The second-order valence-electron chi connectivity index (χ2n) is 5.02. The molecule has 0 saturated heterocycles. The van der Waals surface area contributed by atoms with E-state index in [1.807, 2.05) is 6.07 Å². The fourth-order valence-corrected chi connectivity index (χ4v) is 2.25. The first-order valence-electron chi connectivity index (χ1n) is 7.19. The van der Waals surface area contributed by atoms with Crippen molar-refractivity contribution in [2.24, 2.45) is 0 Å². The van der Waals surface area contributed by atoms with Crippen LogP contribution in [0.25, 0.3) is 0 Å². The molecule has 0 aromatic carbocycles. The molecule has 2 aromatic heterocycles. The van der Waals surface area contributed by atoms with E-state index in [9.17, 15) is 4.79 Å². The Bertz CT molecular complexity index is 669. The van der Waals surface area contributed by atoms with E-state index in [-0.39, 0.29) is 17.3 Å². The summed E-state index contributed by atoms with van der Waals surface area (Å²) in [6, 6.07) is 3.65. The lowest BCUT2D eigenvalue weighted by Crippen LogP contribution is -2.13. The molecule has 0 unspecified atom stereocenters.